The van der Waals surface area contributed by atoms with E-state index in [0.717, 1.165) is 5.56 Å². The van der Waals surface area contributed by atoms with E-state index in [2.05, 4.69) is 4.74 Å². The third-order valence-corrected chi connectivity index (χ3v) is 4.23. The van der Waals surface area contributed by atoms with Crippen LogP contribution in [0.2, 0.25) is 10.0 Å². The lowest BCUT2D eigenvalue weighted by Crippen LogP contribution is -2.27. The number of nitrogens with zero attached hydrogens (tertiary/aromatic N) is 1. The van der Waals surface area contributed by atoms with Crippen molar-refractivity contribution < 1.29 is 18.3 Å². The van der Waals surface area contributed by atoms with Crippen LogP contribution in [0.5, 0.6) is 5.75 Å². The van der Waals surface area contributed by atoms with Gasteiger partial charge in [0.05, 0.1) is 16.5 Å². The fourth-order valence-corrected chi connectivity index (χ4v) is 2.49. The van der Waals surface area contributed by atoms with Gasteiger partial charge in [0.2, 0.25) is 5.91 Å². The van der Waals surface area contributed by atoms with Crippen LogP contribution in [0.4, 0.5) is 8.78 Å². The molecule has 2 aromatic carbocycles. The van der Waals surface area contributed by atoms with Crippen LogP contribution in [0.15, 0.2) is 42.5 Å². The molecule has 0 aliphatic carbocycles. The minimum absolute atomic E-state index is 0.0558. The van der Waals surface area contributed by atoms with E-state index in [1.807, 2.05) is 0 Å². The molecule has 0 N–H and O–H groups in total. The number of hydrogen-bond acceptors (Lipinski definition) is 2. The van der Waals surface area contributed by atoms with Crippen molar-refractivity contribution in [2.45, 2.75) is 19.6 Å². The summed E-state index contributed by atoms with van der Waals surface area (Å²) in [7, 11) is 1.66. The Bertz CT molecular complexity index is 708. The van der Waals surface area contributed by atoms with Gasteiger partial charge in [0.25, 0.3) is 0 Å². The number of benzene rings is 2. The molecule has 1 amide bonds. The van der Waals surface area contributed by atoms with E-state index in [1.54, 1.807) is 37.4 Å². The van der Waals surface area contributed by atoms with Gasteiger partial charge in [-0.3, -0.25) is 4.79 Å². The standard InChI is InChI=1S/C17H15Cl2F2NO2/c1-22(10-12-3-2-4-14(18)16(12)19)15(23)9-11-5-7-13(8-6-11)24-17(20)21/h2-8,17H,9-10H2,1H3. The van der Waals surface area contributed by atoms with E-state index in [4.69, 9.17) is 23.2 Å². The summed E-state index contributed by atoms with van der Waals surface area (Å²) in [5.74, 6) is -0.0752. The molecule has 0 spiro atoms. The number of likely N-dealkylation sites (N-methyl/N-ethyl adjacent to an activating group) is 1. The average Bonchev–Trinajstić information content (AvgIpc) is 2.53. The van der Waals surface area contributed by atoms with Crippen molar-refractivity contribution in [3.8, 4) is 5.75 Å². The van der Waals surface area contributed by atoms with Gasteiger partial charge >= 0.3 is 6.61 Å². The predicted molar refractivity (Wildman–Crippen MR) is 89.7 cm³/mol. The normalized spacial score (nSPS) is 10.8. The summed E-state index contributed by atoms with van der Waals surface area (Å²) in [5.41, 5.74) is 1.45. The Morgan fingerprint density at radius 3 is 2.46 bits per heavy atom. The molecule has 7 heteroatoms. The van der Waals surface area contributed by atoms with E-state index in [0.29, 0.717) is 22.2 Å². The molecule has 2 rings (SSSR count). The number of carbonyl (C=O) groups excluding carboxylic acids is 1. The van der Waals surface area contributed by atoms with E-state index < -0.39 is 6.61 Å². The predicted octanol–water partition coefficient (Wildman–Crippen LogP) is 4.80. The van der Waals surface area contributed by atoms with Crippen molar-refractivity contribution in [3.05, 3.63) is 63.6 Å². The minimum atomic E-state index is -2.87. The summed E-state index contributed by atoms with van der Waals surface area (Å²) >= 11 is 12.1. The van der Waals surface area contributed by atoms with Crippen molar-refractivity contribution >= 4 is 29.1 Å². The Morgan fingerprint density at radius 2 is 1.83 bits per heavy atom. The van der Waals surface area contributed by atoms with Gasteiger partial charge in [0.15, 0.2) is 0 Å². The highest BCUT2D eigenvalue weighted by molar-refractivity contribution is 6.42. The molecular formula is C17H15Cl2F2NO2. The zero-order valence-electron chi connectivity index (χ0n) is 12.8. The first-order chi connectivity index (χ1) is 11.4. The van der Waals surface area contributed by atoms with Crippen LogP contribution >= 0.6 is 23.2 Å². The van der Waals surface area contributed by atoms with Gasteiger partial charge in [0, 0.05) is 13.6 Å². The van der Waals surface area contributed by atoms with Crippen LogP contribution in [-0.4, -0.2) is 24.5 Å². The van der Waals surface area contributed by atoms with E-state index in [1.165, 1.54) is 17.0 Å². The van der Waals surface area contributed by atoms with E-state index in [-0.39, 0.29) is 18.1 Å². The largest absolute Gasteiger partial charge is 0.435 e. The number of alkyl halides is 2. The molecule has 0 aliphatic rings. The SMILES string of the molecule is CN(Cc1cccc(Cl)c1Cl)C(=O)Cc1ccc(OC(F)F)cc1. The maximum Gasteiger partial charge on any atom is 0.387 e. The summed E-state index contributed by atoms with van der Waals surface area (Å²) in [6, 6.07) is 11.2. The lowest BCUT2D eigenvalue weighted by atomic mass is 10.1. The van der Waals surface area contributed by atoms with Crippen molar-refractivity contribution in [1.82, 2.24) is 4.90 Å². The Labute approximate surface area is 148 Å². The zero-order chi connectivity index (χ0) is 17.7. The van der Waals surface area contributed by atoms with Crippen LogP contribution < -0.4 is 4.74 Å². The highest BCUT2D eigenvalue weighted by Crippen LogP contribution is 2.26. The first-order valence-electron chi connectivity index (χ1n) is 7.07. The lowest BCUT2D eigenvalue weighted by Gasteiger charge is -2.18. The molecule has 0 atom stereocenters. The maximum absolute atomic E-state index is 12.3. The topological polar surface area (TPSA) is 29.5 Å². The molecule has 0 aliphatic heterocycles. The highest BCUT2D eigenvalue weighted by Gasteiger charge is 2.13. The third kappa shape index (κ3) is 5.08. The lowest BCUT2D eigenvalue weighted by molar-refractivity contribution is -0.129. The third-order valence-electron chi connectivity index (χ3n) is 3.37. The van der Waals surface area contributed by atoms with E-state index in [9.17, 15) is 13.6 Å². The Morgan fingerprint density at radius 1 is 1.17 bits per heavy atom. The van der Waals surface area contributed by atoms with Gasteiger partial charge < -0.3 is 9.64 Å². The van der Waals surface area contributed by atoms with Crippen molar-refractivity contribution in [1.29, 1.82) is 0 Å². The number of hydrogen-bond donors (Lipinski definition) is 0. The van der Waals surface area contributed by atoms with Gasteiger partial charge in [-0.1, -0.05) is 47.5 Å². The number of rotatable bonds is 6. The van der Waals surface area contributed by atoms with Crippen LogP contribution in [0.1, 0.15) is 11.1 Å². The Hall–Kier alpha value is -1.85. The van der Waals surface area contributed by atoms with Gasteiger partial charge in [0.1, 0.15) is 5.75 Å². The first kappa shape index (κ1) is 18.5. The van der Waals surface area contributed by atoms with Crippen molar-refractivity contribution in [2.75, 3.05) is 7.05 Å². The molecule has 0 bridgehead atoms. The molecule has 2 aromatic rings. The number of halogens is 4. The Balaban J connectivity index is 1.97. The number of ether oxygens (including phenoxy) is 1. The molecule has 0 radical (unpaired) electrons. The fourth-order valence-electron chi connectivity index (χ4n) is 2.11. The second-order valence-electron chi connectivity index (χ2n) is 5.16. The second kappa shape index (κ2) is 8.31. The van der Waals surface area contributed by atoms with Gasteiger partial charge in [-0.15, -0.1) is 0 Å². The van der Waals surface area contributed by atoms with Crippen molar-refractivity contribution in [3.63, 3.8) is 0 Å². The number of amides is 1. The molecule has 3 nitrogen and oxygen atoms in total. The quantitative estimate of drug-likeness (QED) is 0.727. The molecule has 0 fully saturated rings. The minimum Gasteiger partial charge on any atom is -0.435 e. The molecular weight excluding hydrogens is 359 g/mol. The first-order valence-corrected chi connectivity index (χ1v) is 7.83. The summed E-state index contributed by atoms with van der Waals surface area (Å²) in [6.45, 7) is -2.55. The molecule has 0 heterocycles. The summed E-state index contributed by atoms with van der Waals surface area (Å²) < 4.78 is 28.5. The molecule has 0 saturated carbocycles. The summed E-state index contributed by atoms with van der Waals surface area (Å²) in [4.78, 5) is 13.8. The zero-order valence-corrected chi connectivity index (χ0v) is 14.3. The molecule has 0 aromatic heterocycles. The van der Waals surface area contributed by atoms with Gasteiger partial charge in [-0.05, 0) is 29.3 Å². The summed E-state index contributed by atoms with van der Waals surface area (Å²) in [5, 5.41) is 0.858. The van der Waals surface area contributed by atoms with E-state index >= 15 is 0 Å². The fraction of sp³-hybridized carbons (Fsp3) is 0.235. The maximum atomic E-state index is 12.3. The molecule has 128 valence electrons. The van der Waals surface area contributed by atoms with Crippen molar-refractivity contribution in [2.24, 2.45) is 0 Å². The summed E-state index contributed by atoms with van der Waals surface area (Å²) in [6.07, 6.45) is 0.143. The molecule has 0 unspecified atom stereocenters. The highest BCUT2D eigenvalue weighted by atomic mass is 35.5. The smallest absolute Gasteiger partial charge is 0.387 e. The average molecular weight is 374 g/mol. The van der Waals surface area contributed by atoms with Crippen LogP contribution in [-0.2, 0) is 17.8 Å². The molecule has 24 heavy (non-hydrogen) atoms. The Kier molecular flexibility index (Phi) is 6.40. The van der Waals surface area contributed by atoms with Crippen LogP contribution in [0, 0.1) is 0 Å². The van der Waals surface area contributed by atoms with Gasteiger partial charge in [-0.2, -0.15) is 8.78 Å². The monoisotopic (exact) mass is 373 g/mol. The molecule has 0 saturated heterocycles. The van der Waals surface area contributed by atoms with Crippen LogP contribution in [0.3, 0.4) is 0 Å². The second-order valence-corrected chi connectivity index (χ2v) is 5.95. The van der Waals surface area contributed by atoms with Crippen LogP contribution in [0.25, 0.3) is 0 Å². The number of carbonyl (C=O) groups is 1. The van der Waals surface area contributed by atoms with Gasteiger partial charge in [-0.25, -0.2) is 0 Å².